The summed E-state index contributed by atoms with van der Waals surface area (Å²) in [5, 5.41) is 0. The highest BCUT2D eigenvalue weighted by molar-refractivity contribution is 7.90. The van der Waals surface area contributed by atoms with Crippen molar-refractivity contribution < 1.29 is 27.1 Å². The Morgan fingerprint density at radius 3 is 2.32 bits per heavy atom. The Morgan fingerprint density at radius 1 is 0.909 bits per heavy atom. The molecule has 0 saturated carbocycles. The molecule has 0 aromatic heterocycles. The lowest BCUT2D eigenvalue weighted by atomic mass is 10.0. The van der Waals surface area contributed by atoms with Gasteiger partial charge in [0, 0.05) is 38.2 Å². The summed E-state index contributed by atoms with van der Waals surface area (Å²) in [5.74, 6) is -0.998. The van der Waals surface area contributed by atoms with Gasteiger partial charge in [-0.3, -0.25) is 9.59 Å². The van der Waals surface area contributed by atoms with E-state index in [0.29, 0.717) is 53.1 Å². The lowest BCUT2D eigenvalue weighted by Gasteiger charge is -2.20. The first-order valence-corrected chi connectivity index (χ1v) is 16.0. The summed E-state index contributed by atoms with van der Waals surface area (Å²) in [6.45, 7) is 4.84. The van der Waals surface area contributed by atoms with Crippen molar-refractivity contribution in [3.8, 4) is 16.9 Å². The maximum absolute atomic E-state index is 14.9. The molecule has 1 heterocycles. The Kier molecular flexibility index (Phi) is 8.87. The molecule has 44 heavy (non-hydrogen) atoms. The smallest absolute Gasteiger partial charge is 0.254 e. The van der Waals surface area contributed by atoms with E-state index in [4.69, 9.17) is 4.74 Å². The van der Waals surface area contributed by atoms with Crippen molar-refractivity contribution in [3.63, 3.8) is 0 Å². The molecule has 9 heteroatoms. The van der Waals surface area contributed by atoms with E-state index >= 15 is 0 Å². The molecule has 4 aromatic carbocycles. The highest BCUT2D eigenvalue weighted by Crippen LogP contribution is 2.29. The van der Waals surface area contributed by atoms with Gasteiger partial charge in [0.25, 0.3) is 11.8 Å². The largest absolute Gasteiger partial charge is 0.489 e. The number of carbonyl (C=O) groups is 2. The normalized spacial score (nSPS) is 14.8. The van der Waals surface area contributed by atoms with Gasteiger partial charge in [0.05, 0.1) is 12.3 Å². The molecule has 0 spiro atoms. The quantitative estimate of drug-likeness (QED) is 0.240. The van der Waals surface area contributed by atoms with Gasteiger partial charge in [-0.2, -0.15) is 0 Å². The molecule has 1 aliphatic heterocycles. The van der Waals surface area contributed by atoms with Crippen LogP contribution < -0.4 is 4.74 Å². The summed E-state index contributed by atoms with van der Waals surface area (Å²) in [5.41, 5.74) is 4.56. The van der Waals surface area contributed by atoms with Crippen molar-refractivity contribution in [1.29, 1.82) is 0 Å². The van der Waals surface area contributed by atoms with Gasteiger partial charge in [-0.05, 0) is 78.1 Å². The molecule has 0 radical (unpaired) electrons. The van der Waals surface area contributed by atoms with Crippen LogP contribution in [0.15, 0.2) is 89.8 Å². The van der Waals surface area contributed by atoms with E-state index in [1.54, 1.807) is 67.5 Å². The molecule has 4 aromatic rings. The predicted molar refractivity (Wildman–Crippen MR) is 168 cm³/mol. The number of sulfone groups is 1. The van der Waals surface area contributed by atoms with Gasteiger partial charge in [-0.15, -0.1) is 0 Å². The van der Waals surface area contributed by atoms with Gasteiger partial charge in [-0.1, -0.05) is 48.5 Å². The summed E-state index contributed by atoms with van der Waals surface area (Å²) in [4.78, 5) is 28.4. The zero-order chi connectivity index (χ0) is 31.6. The highest BCUT2D eigenvalue weighted by Gasteiger charge is 2.30. The average Bonchev–Trinajstić information content (AvgIpc) is 3.45. The SMILES string of the molecule is Cc1cccc(C)c1C(=O)N1CC[C@H](Oc2cccc(CS(=O)(=O)c3cc(-c4cccc(C(=O)N(C)C)c4)ccc3F)c2)C1. The first-order chi connectivity index (χ1) is 20.9. The number of hydrogen-bond acceptors (Lipinski definition) is 5. The molecular weight excluding hydrogens is 579 g/mol. The number of likely N-dealkylation sites (tertiary alicyclic amines) is 1. The molecule has 2 amide bonds. The van der Waals surface area contributed by atoms with E-state index in [0.717, 1.165) is 17.2 Å². The Labute approximate surface area is 257 Å². The second-order valence-electron chi connectivity index (χ2n) is 11.4. The van der Waals surface area contributed by atoms with Crippen LogP contribution in [0.5, 0.6) is 5.75 Å². The first kappa shape index (κ1) is 30.9. The van der Waals surface area contributed by atoms with Crippen molar-refractivity contribution in [1.82, 2.24) is 9.80 Å². The minimum Gasteiger partial charge on any atom is -0.489 e. The van der Waals surface area contributed by atoms with Crippen LogP contribution in [0.2, 0.25) is 0 Å². The molecule has 1 saturated heterocycles. The number of ether oxygens (including phenoxy) is 1. The van der Waals surface area contributed by atoms with Gasteiger partial charge in [0.2, 0.25) is 0 Å². The van der Waals surface area contributed by atoms with Crippen molar-refractivity contribution >= 4 is 21.7 Å². The number of nitrogens with zero attached hydrogens (tertiary/aromatic N) is 2. The van der Waals surface area contributed by atoms with Crippen LogP contribution in [0.4, 0.5) is 4.39 Å². The Balaban J connectivity index is 1.30. The fraction of sp³-hybridized carbons (Fsp3) is 0.257. The van der Waals surface area contributed by atoms with E-state index in [9.17, 15) is 22.4 Å². The lowest BCUT2D eigenvalue weighted by Crippen LogP contribution is -2.31. The maximum Gasteiger partial charge on any atom is 0.254 e. The van der Waals surface area contributed by atoms with Crippen molar-refractivity contribution in [3.05, 3.63) is 119 Å². The third kappa shape index (κ3) is 6.68. The zero-order valence-electron chi connectivity index (χ0n) is 25.2. The van der Waals surface area contributed by atoms with E-state index in [1.165, 1.54) is 17.0 Å². The molecular formula is C35H35FN2O5S. The minimum absolute atomic E-state index is 0.0215. The molecule has 0 unspecified atom stereocenters. The van der Waals surface area contributed by atoms with Gasteiger partial charge >= 0.3 is 0 Å². The summed E-state index contributed by atoms with van der Waals surface area (Å²) in [6, 6.07) is 23.3. The second-order valence-corrected chi connectivity index (χ2v) is 13.3. The van der Waals surface area contributed by atoms with Gasteiger partial charge in [-0.25, -0.2) is 12.8 Å². The Morgan fingerprint density at radius 2 is 1.59 bits per heavy atom. The predicted octanol–water partition coefficient (Wildman–Crippen LogP) is 6.08. The summed E-state index contributed by atoms with van der Waals surface area (Å²) in [7, 11) is -0.781. The molecule has 0 N–H and O–H groups in total. The fourth-order valence-corrected chi connectivity index (χ4v) is 6.97. The van der Waals surface area contributed by atoms with Crippen molar-refractivity contribution in [2.75, 3.05) is 27.2 Å². The van der Waals surface area contributed by atoms with Gasteiger partial charge in [0.1, 0.15) is 22.6 Å². The molecule has 0 aliphatic carbocycles. The topological polar surface area (TPSA) is 84.0 Å². The monoisotopic (exact) mass is 614 g/mol. The molecule has 5 rings (SSSR count). The third-order valence-corrected chi connectivity index (χ3v) is 9.50. The Bertz CT molecular complexity index is 1820. The molecule has 228 valence electrons. The van der Waals surface area contributed by atoms with Gasteiger partial charge < -0.3 is 14.5 Å². The second kappa shape index (κ2) is 12.6. The Hall–Kier alpha value is -4.50. The van der Waals surface area contributed by atoms with Crippen molar-refractivity contribution in [2.45, 2.75) is 37.0 Å². The number of aryl methyl sites for hydroxylation is 2. The standard InChI is InChI=1S/C35H35FN2O5S/c1-23-8-5-9-24(2)33(23)35(40)38-17-16-30(21-38)43-29-13-6-10-25(18-29)22-44(41,42)32-20-27(14-15-31(32)36)26-11-7-12-28(19-26)34(39)37(3)4/h5-15,18-20,30H,16-17,21-22H2,1-4H3/t30-/m0/s1. The maximum atomic E-state index is 14.9. The molecule has 1 fully saturated rings. The fourth-order valence-electron chi connectivity index (χ4n) is 5.53. The molecule has 0 bridgehead atoms. The number of amides is 2. The van der Waals surface area contributed by atoms with Crippen LogP contribution in [-0.2, 0) is 15.6 Å². The van der Waals surface area contributed by atoms with Gasteiger partial charge in [0.15, 0.2) is 9.84 Å². The third-order valence-electron chi connectivity index (χ3n) is 7.80. The van der Waals surface area contributed by atoms with Crippen LogP contribution in [-0.4, -0.2) is 63.3 Å². The molecule has 7 nitrogen and oxygen atoms in total. The minimum atomic E-state index is -4.08. The highest BCUT2D eigenvalue weighted by atomic mass is 32.2. The van der Waals surface area contributed by atoms with Crippen molar-refractivity contribution in [2.24, 2.45) is 0 Å². The summed E-state index contributed by atoms with van der Waals surface area (Å²) >= 11 is 0. The number of hydrogen-bond donors (Lipinski definition) is 0. The number of benzene rings is 4. The number of halogens is 1. The van der Waals surface area contributed by atoms with Crippen LogP contribution >= 0.6 is 0 Å². The number of carbonyl (C=O) groups excluding carboxylic acids is 2. The summed E-state index contributed by atoms with van der Waals surface area (Å²) < 4.78 is 48.0. The lowest BCUT2D eigenvalue weighted by molar-refractivity contribution is 0.0770. The van der Waals surface area contributed by atoms with E-state index in [2.05, 4.69) is 0 Å². The molecule has 1 atom stereocenters. The average molecular weight is 615 g/mol. The van der Waals surface area contributed by atoms with Crippen LogP contribution in [0.1, 0.15) is 43.8 Å². The zero-order valence-corrected chi connectivity index (χ0v) is 26.0. The number of rotatable bonds is 8. The van der Waals surface area contributed by atoms with Crippen LogP contribution in [0.3, 0.4) is 0 Å². The van der Waals surface area contributed by atoms with E-state index in [-0.39, 0.29) is 17.9 Å². The van der Waals surface area contributed by atoms with Crippen LogP contribution in [0, 0.1) is 19.7 Å². The van der Waals surface area contributed by atoms with E-state index in [1.807, 2.05) is 32.0 Å². The van der Waals surface area contributed by atoms with E-state index < -0.39 is 26.3 Å². The van der Waals surface area contributed by atoms with Crippen LogP contribution in [0.25, 0.3) is 11.1 Å². The summed E-state index contributed by atoms with van der Waals surface area (Å²) in [6.07, 6.45) is 0.415. The first-order valence-electron chi connectivity index (χ1n) is 14.4. The molecule has 1 aliphatic rings.